The molecule has 0 spiro atoms. The molecular weight excluding hydrogens is 308 g/mol. The summed E-state index contributed by atoms with van der Waals surface area (Å²) in [6.45, 7) is 3.42. The van der Waals surface area contributed by atoms with Crippen LogP contribution in [0.1, 0.15) is 30.3 Å². The molecule has 1 aliphatic heterocycles. The van der Waals surface area contributed by atoms with E-state index in [1.165, 1.54) is 0 Å². The zero-order chi connectivity index (χ0) is 17.1. The Morgan fingerprint density at radius 3 is 2.83 bits per heavy atom. The highest BCUT2D eigenvalue weighted by Gasteiger charge is 2.30. The van der Waals surface area contributed by atoms with Gasteiger partial charge in [0.2, 0.25) is 5.91 Å². The summed E-state index contributed by atoms with van der Waals surface area (Å²) >= 11 is 0. The van der Waals surface area contributed by atoms with Crippen molar-refractivity contribution < 1.29 is 9.59 Å². The molecule has 0 aliphatic carbocycles. The van der Waals surface area contributed by atoms with Crippen molar-refractivity contribution in [3.05, 3.63) is 40.3 Å². The van der Waals surface area contributed by atoms with Crippen molar-refractivity contribution in [2.45, 2.75) is 19.8 Å². The monoisotopic (exact) mass is 328 g/mol. The van der Waals surface area contributed by atoms with Gasteiger partial charge in [-0.15, -0.1) is 0 Å². The summed E-state index contributed by atoms with van der Waals surface area (Å²) in [5.41, 5.74) is -0.0947. The molecule has 24 heavy (non-hydrogen) atoms. The summed E-state index contributed by atoms with van der Waals surface area (Å²) in [5, 5.41) is 10.1. The first kappa shape index (κ1) is 16.2. The fourth-order valence-corrected chi connectivity index (χ4v) is 3.12. The van der Waals surface area contributed by atoms with E-state index in [2.05, 4.69) is 15.5 Å². The average Bonchev–Trinajstić information content (AvgIpc) is 2.62. The number of carbonyl (C=O) groups is 2. The van der Waals surface area contributed by atoms with Crippen LogP contribution in [0.2, 0.25) is 0 Å². The molecule has 0 radical (unpaired) electrons. The first-order valence-electron chi connectivity index (χ1n) is 8.16. The molecular formula is C17H20N4O3. The molecule has 2 aromatic rings. The molecule has 1 atom stereocenters. The normalized spacial score (nSPS) is 17.7. The summed E-state index contributed by atoms with van der Waals surface area (Å²) in [4.78, 5) is 38.4. The van der Waals surface area contributed by atoms with Gasteiger partial charge in [-0.1, -0.05) is 18.2 Å². The lowest BCUT2D eigenvalue weighted by molar-refractivity contribution is -0.126. The van der Waals surface area contributed by atoms with Gasteiger partial charge in [0.1, 0.15) is 0 Å². The summed E-state index contributed by atoms with van der Waals surface area (Å²) < 4.78 is 0. The molecule has 7 heteroatoms. The van der Waals surface area contributed by atoms with Crippen molar-refractivity contribution in [1.82, 2.24) is 20.4 Å². The number of hydrogen-bond acceptors (Lipinski definition) is 4. The second-order valence-corrected chi connectivity index (χ2v) is 5.93. The van der Waals surface area contributed by atoms with Crippen molar-refractivity contribution in [3.63, 3.8) is 0 Å². The number of nitrogens with one attached hydrogen (secondary N) is 2. The van der Waals surface area contributed by atoms with Gasteiger partial charge in [0, 0.05) is 25.0 Å². The van der Waals surface area contributed by atoms with Crippen molar-refractivity contribution in [2.75, 3.05) is 19.6 Å². The van der Waals surface area contributed by atoms with Gasteiger partial charge in [0.25, 0.3) is 11.5 Å². The van der Waals surface area contributed by atoms with Crippen LogP contribution in [0.5, 0.6) is 0 Å². The first-order valence-corrected chi connectivity index (χ1v) is 8.16. The third-order valence-electron chi connectivity index (χ3n) is 4.33. The first-order chi connectivity index (χ1) is 11.6. The van der Waals surface area contributed by atoms with Crippen LogP contribution in [0.15, 0.2) is 29.1 Å². The molecule has 1 aromatic carbocycles. The van der Waals surface area contributed by atoms with E-state index >= 15 is 0 Å². The minimum absolute atomic E-state index is 0.0192. The molecule has 7 nitrogen and oxygen atoms in total. The van der Waals surface area contributed by atoms with E-state index in [1.807, 2.05) is 6.92 Å². The van der Waals surface area contributed by atoms with Crippen LogP contribution < -0.4 is 10.9 Å². The minimum Gasteiger partial charge on any atom is -0.356 e. The van der Waals surface area contributed by atoms with Crippen molar-refractivity contribution in [2.24, 2.45) is 5.92 Å². The maximum absolute atomic E-state index is 12.9. The molecule has 1 aromatic heterocycles. The van der Waals surface area contributed by atoms with Crippen LogP contribution in [0.3, 0.4) is 0 Å². The number of H-pyrrole nitrogens is 1. The minimum atomic E-state index is -0.319. The van der Waals surface area contributed by atoms with Gasteiger partial charge in [-0.3, -0.25) is 14.4 Å². The number of rotatable bonds is 3. The number of benzene rings is 1. The van der Waals surface area contributed by atoms with Crippen LogP contribution in [-0.4, -0.2) is 46.5 Å². The van der Waals surface area contributed by atoms with Gasteiger partial charge < -0.3 is 10.2 Å². The van der Waals surface area contributed by atoms with E-state index in [0.29, 0.717) is 30.4 Å². The number of aromatic amines is 1. The number of carbonyl (C=O) groups excluding carboxylic acids is 2. The van der Waals surface area contributed by atoms with Gasteiger partial charge in [0.05, 0.1) is 11.3 Å². The van der Waals surface area contributed by atoms with Crippen LogP contribution in [0, 0.1) is 5.92 Å². The summed E-state index contributed by atoms with van der Waals surface area (Å²) in [7, 11) is 0. The molecule has 1 aliphatic rings. The van der Waals surface area contributed by atoms with Crippen molar-refractivity contribution >= 4 is 22.6 Å². The zero-order valence-electron chi connectivity index (χ0n) is 13.5. The molecule has 2 amide bonds. The number of nitrogens with zero attached hydrogens (tertiary/aromatic N) is 2. The zero-order valence-corrected chi connectivity index (χ0v) is 13.5. The summed E-state index contributed by atoms with van der Waals surface area (Å²) in [6, 6.07) is 6.90. The Bertz CT molecular complexity index is 830. The van der Waals surface area contributed by atoms with Crippen molar-refractivity contribution in [3.8, 4) is 0 Å². The molecule has 0 bridgehead atoms. The quantitative estimate of drug-likeness (QED) is 0.875. The van der Waals surface area contributed by atoms with E-state index in [0.717, 1.165) is 12.8 Å². The predicted octanol–water partition coefficient (Wildman–Crippen LogP) is 0.911. The highest BCUT2D eigenvalue weighted by Crippen LogP contribution is 2.20. The summed E-state index contributed by atoms with van der Waals surface area (Å²) in [5.74, 6) is -0.470. The molecule has 1 fully saturated rings. The molecule has 2 heterocycles. The molecule has 3 rings (SSSR count). The van der Waals surface area contributed by atoms with Crippen LogP contribution in [-0.2, 0) is 4.79 Å². The number of hydrogen-bond donors (Lipinski definition) is 2. The Balaban J connectivity index is 1.88. The van der Waals surface area contributed by atoms with E-state index in [-0.39, 0.29) is 29.0 Å². The van der Waals surface area contributed by atoms with Gasteiger partial charge >= 0.3 is 0 Å². The maximum Gasteiger partial charge on any atom is 0.274 e. The fourth-order valence-electron chi connectivity index (χ4n) is 3.12. The van der Waals surface area contributed by atoms with E-state index < -0.39 is 0 Å². The third-order valence-corrected chi connectivity index (χ3v) is 4.33. The van der Waals surface area contributed by atoms with Gasteiger partial charge in [-0.05, 0) is 25.8 Å². The van der Waals surface area contributed by atoms with E-state index in [1.54, 1.807) is 29.2 Å². The number of amides is 2. The SMILES string of the molecule is CCNC(=O)C1CCCN(C(=O)c2n[nH]c(=O)c3ccccc23)C1. The Kier molecular flexibility index (Phi) is 4.59. The van der Waals surface area contributed by atoms with E-state index in [9.17, 15) is 14.4 Å². The smallest absolute Gasteiger partial charge is 0.274 e. The van der Waals surface area contributed by atoms with Crippen LogP contribution in [0.4, 0.5) is 0 Å². The highest BCUT2D eigenvalue weighted by atomic mass is 16.2. The number of aromatic nitrogens is 2. The third kappa shape index (κ3) is 3.02. The van der Waals surface area contributed by atoms with Crippen molar-refractivity contribution in [1.29, 1.82) is 0 Å². The number of fused-ring (bicyclic) bond motifs is 1. The Morgan fingerprint density at radius 1 is 1.33 bits per heavy atom. The second-order valence-electron chi connectivity index (χ2n) is 5.93. The lowest BCUT2D eigenvalue weighted by Gasteiger charge is -2.31. The maximum atomic E-state index is 12.9. The van der Waals surface area contributed by atoms with Crippen LogP contribution >= 0.6 is 0 Å². The lowest BCUT2D eigenvalue weighted by atomic mass is 9.96. The average molecular weight is 328 g/mol. The summed E-state index contributed by atoms with van der Waals surface area (Å²) in [6.07, 6.45) is 1.55. The predicted molar refractivity (Wildman–Crippen MR) is 89.7 cm³/mol. The standard InChI is InChI=1S/C17H20N4O3/c1-2-18-15(22)11-6-5-9-21(10-11)17(24)14-12-7-3-4-8-13(12)16(23)20-19-14/h3-4,7-8,11H,2,5-6,9-10H2,1H3,(H,18,22)(H,20,23). The Labute approximate surface area is 139 Å². The number of likely N-dealkylation sites (tertiary alicyclic amines) is 1. The lowest BCUT2D eigenvalue weighted by Crippen LogP contribution is -2.45. The van der Waals surface area contributed by atoms with Gasteiger partial charge in [-0.25, -0.2) is 5.10 Å². The largest absolute Gasteiger partial charge is 0.356 e. The Morgan fingerprint density at radius 2 is 2.08 bits per heavy atom. The van der Waals surface area contributed by atoms with E-state index in [4.69, 9.17) is 0 Å². The molecule has 126 valence electrons. The molecule has 1 unspecified atom stereocenters. The number of piperidine rings is 1. The topological polar surface area (TPSA) is 95.2 Å². The second kappa shape index (κ2) is 6.82. The Hall–Kier alpha value is -2.70. The van der Waals surface area contributed by atoms with Crippen LogP contribution in [0.25, 0.3) is 10.8 Å². The van der Waals surface area contributed by atoms with Gasteiger partial charge in [-0.2, -0.15) is 5.10 Å². The molecule has 1 saturated heterocycles. The highest BCUT2D eigenvalue weighted by molar-refractivity contribution is 6.04. The fraction of sp³-hybridized carbons (Fsp3) is 0.412. The van der Waals surface area contributed by atoms with Gasteiger partial charge in [0.15, 0.2) is 5.69 Å². The molecule has 0 saturated carbocycles. The molecule has 2 N–H and O–H groups in total.